The van der Waals surface area contributed by atoms with Crippen molar-refractivity contribution in [2.45, 2.75) is 6.42 Å². The van der Waals surface area contributed by atoms with E-state index in [1.165, 1.54) is 4.90 Å². The summed E-state index contributed by atoms with van der Waals surface area (Å²) in [7, 11) is 0. The van der Waals surface area contributed by atoms with Crippen LogP contribution in [0.4, 0.5) is 5.69 Å². The molecule has 4 atom stereocenters. The maximum atomic E-state index is 12.9. The molecule has 6 rings (SSSR count). The van der Waals surface area contributed by atoms with Crippen LogP contribution in [-0.2, 0) is 9.59 Å². The van der Waals surface area contributed by atoms with Crippen LogP contribution in [-0.4, -0.2) is 16.8 Å². The van der Waals surface area contributed by atoms with E-state index < -0.39 is 0 Å². The SMILES string of the molecule is O=C1[C@@H]2[C@@H](C(=O)N1c1ccc(-c3nc4ccccc4o3)cc1)[C@@H]1C=C[C@@H]2C1. The second-order valence-electron chi connectivity index (χ2n) is 7.55. The van der Waals surface area contributed by atoms with Gasteiger partial charge in [-0.3, -0.25) is 14.5 Å². The fourth-order valence-corrected chi connectivity index (χ4v) is 4.91. The van der Waals surface area contributed by atoms with Crippen molar-refractivity contribution in [1.29, 1.82) is 0 Å². The van der Waals surface area contributed by atoms with Gasteiger partial charge in [0.2, 0.25) is 17.7 Å². The smallest absolute Gasteiger partial charge is 0.238 e. The third-order valence-electron chi connectivity index (χ3n) is 6.14. The predicted octanol–water partition coefficient (Wildman–Crippen LogP) is 3.81. The summed E-state index contributed by atoms with van der Waals surface area (Å²) in [5, 5.41) is 0. The molecular formula is C22H16N2O3. The number of hydrogen-bond acceptors (Lipinski definition) is 4. The molecule has 2 bridgehead atoms. The highest BCUT2D eigenvalue weighted by Crippen LogP contribution is 2.53. The molecule has 1 aromatic heterocycles. The quantitative estimate of drug-likeness (QED) is 0.517. The second kappa shape index (κ2) is 5.16. The molecule has 3 aliphatic rings. The Labute approximate surface area is 155 Å². The van der Waals surface area contributed by atoms with E-state index in [1.807, 2.05) is 36.4 Å². The highest BCUT2D eigenvalue weighted by atomic mass is 16.3. The average molecular weight is 356 g/mol. The topological polar surface area (TPSA) is 63.4 Å². The lowest BCUT2D eigenvalue weighted by atomic mass is 9.85. The Balaban J connectivity index is 1.33. The number of imide groups is 1. The maximum Gasteiger partial charge on any atom is 0.238 e. The lowest BCUT2D eigenvalue weighted by Crippen LogP contribution is -2.32. The minimum absolute atomic E-state index is 0.0588. The maximum absolute atomic E-state index is 12.9. The van der Waals surface area contributed by atoms with Gasteiger partial charge in [0, 0.05) is 5.56 Å². The van der Waals surface area contributed by atoms with E-state index in [9.17, 15) is 9.59 Å². The molecule has 3 aromatic rings. The summed E-state index contributed by atoms with van der Waals surface area (Å²) in [6, 6.07) is 14.9. The number of carbonyl (C=O) groups is 2. The summed E-state index contributed by atoms with van der Waals surface area (Å²) in [6.07, 6.45) is 5.16. The van der Waals surface area contributed by atoms with Crippen LogP contribution in [0.15, 0.2) is 65.1 Å². The van der Waals surface area contributed by atoms with Crippen LogP contribution < -0.4 is 4.90 Å². The number of benzene rings is 2. The Morgan fingerprint density at radius 2 is 1.56 bits per heavy atom. The van der Waals surface area contributed by atoms with Crippen LogP contribution in [0.3, 0.4) is 0 Å². The summed E-state index contributed by atoms with van der Waals surface area (Å²) in [5.74, 6) is 0.503. The third kappa shape index (κ3) is 1.97. The summed E-state index contributed by atoms with van der Waals surface area (Å²) in [4.78, 5) is 31.7. The minimum Gasteiger partial charge on any atom is -0.436 e. The average Bonchev–Trinajstić information content (AvgIpc) is 3.45. The van der Waals surface area contributed by atoms with Crippen LogP contribution in [0.2, 0.25) is 0 Å². The van der Waals surface area contributed by atoms with Gasteiger partial charge in [-0.1, -0.05) is 24.3 Å². The molecule has 0 unspecified atom stereocenters. The molecule has 2 fully saturated rings. The van der Waals surface area contributed by atoms with Gasteiger partial charge in [-0.2, -0.15) is 0 Å². The van der Waals surface area contributed by atoms with Crippen molar-refractivity contribution in [3.05, 3.63) is 60.7 Å². The molecule has 0 radical (unpaired) electrons. The number of para-hydroxylation sites is 2. The van der Waals surface area contributed by atoms with Gasteiger partial charge in [0.25, 0.3) is 0 Å². The lowest BCUT2D eigenvalue weighted by Gasteiger charge is -2.17. The van der Waals surface area contributed by atoms with Crippen LogP contribution in [0.1, 0.15) is 6.42 Å². The van der Waals surface area contributed by atoms with Crippen molar-refractivity contribution in [2.75, 3.05) is 4.90 Å². The zero-order valence-electron chi connectivity index (χ0n) is 14.4. The molecule has 5 heteroatoms. The van der Waals surface area contributed by atoms with E-state index >= 15 is 0 Å². The van der Waals surface area contributed by atoms with Gasteiger partial charge in [0.1, 0.15) is 5.52 Å². The molecule has 2 aliphatic carbocycles. The van der Waals surface area contributed by atoms with E-state index in [0.717, 1.165) is 23.1 Å². The van der Waals surface area contributed by atoms with E-state index in [2.05, 4.69) is 17.1 Å². The van der Waals surface area contributed by atoms with Gasteiger partial charge < -0.3 is 4.42 Å². The second-order valence-corrected chi connectivity index (χ2v) is 7.55. The van der Waals surface area contributed by atoms with E-state index in [4.69, 9.17) is 4.42 Å². The van der Waals surface area contributed by atoms with Crippen molar-refractivity contribution >= 4 is 28.6 Å². The Bertz CT molecular complexity index is 1060. The van der Waals surface area contributed by atoms with Crippen LogP contribution in [0.5, 0.6) is 0 Å². The highest BCUT2D eigenvalue weighted by Gasteiger charge is 2.59. The number of hydrogen-bond donors (Lipinski definition) is 0. The van der Waals surface area contributed by atoms with Gasteiger partial charge in [-0.25, -0.2) is 4.98 Å². The molecule has 0 N–H and O–H groups in total. The third-order valence-corrected chi connectivity index (χ3v) is 6.14. The summed E-state index contributed by atoms with van der Waals surface area (Å²) in [6.45, 7) is 0. The number of oxazole rings is 1. The normalized spacial score (nSPS) is 28.5. The number of fused-ring (bicyclic) bond motifs is 6. The van der Waals surface area contributed by atoms with Crippen LogP contribution >= 0.6 is 0 Å². The molecular weight excluding hydrogens is 340 g/mol. The van der Waals surface area contributed by atoms with Gasteiger partial charge >= 0.3 is 0 Å². The molecule has 2 amide bonds. The van der Waals surface area contributed by atoms with E-state index in [1.54, 1.807) is 12.1 Å². The summed E-state index contributed by atoms with van der Waals surface area (Å²) >= 11 is 0. The molecule has 0 spiro atoms. The van der Waals surface area contributed by atoms with E-state index in [0.29, 0.717) is 11.6 Å². The Hall–Kier alpha value is -3.21. The highest BCUT2D eigenvalue weighted by molar-refractivity contribution is 6.22. The van der Waals surface area contributed by atoms with Crippen molar-refractivity contribution in [3.8, 4) is 11.5 Å². The number of amides is 2. The first-order chi connectivity index (χ1) is 13.2. The number of aromatic nitrogens is 1. The molecule has 2 heterocycles. The molecule has 2 aromatic carbocycles. The predicted molar refractivity (Wildman–Crippen MR) is 99.7 cm³/mol. The summed E-state index contributed by atoms with van der Waals surface area (Å²) in [5.41, 5.74) is 2.98. The minimum atomic E-state index is -0.177. The lowest BCUT2D eigenvalue weighted by molar-refractivity contribution is -0.123. The van der Waals surface area contributed by atoms with Crippen LogP contribution in [0, 0.1) is 23.7 Å². The Kier molecular flexibility index (Phi) is 2.85. The molecule has 5 nitrogen and oxygen atoms in total. The zero-order valence-corrected chi connectivity index (χ0v) is 14.4. The zero-order chi connectivity index (χ0) is 18.1. The van der Waals surface area contributed by atoms with Crippen molar-refractivity contribution < 1.29 is 14.0 Å². The van der Waals surface area contributed by atoms with E-state index in [-0.39, 0.29) is 35.5 Å². The Morgan fingerprint density at radius 3 is 2.22 bits per heavy atom. The van der Waals surface area contributed by atoms with Gasteiger partial charge in [-0.05, 0) is 54.7 Å². The van der Waals surface area contributed by atoms with Gasteiger partial charge in [0.05, 0.1) is 17.5 Å². The number of nitrogens with zero attached hydrogens (tertiary/aromatic N) is 2. The standard InChI is InChI=1S/C22H16N2O3/c25-21-18-13-5-6-14(11-13)19(18)22(26)24(21)15-9-7-12(8-10-15)20-23-16-3-1-2-4-17(16)27-20/h1-10,13-14,18-19H,11H2/t13-,14-,18+,19+/m1/s1. The van der Waals surface area contributed by atoms with Crippen molar-refractivity contribution in [3.63, 3.8) is 0 Å². The number of anilines is 1. The largest absolute Gasteiger partial charge is 0.436 e. The monoisotopic (exact) mass is 356 g/mol. The molecule has 1 saturated heterocycles. The molecule has 27 heavy (non-hydrogen) atoms. The van der Waals surface area contributed by atoms with Crippen molar-refractivity contribution in [2.24, 2.45) is 23.7 Å². The van der Waals surface area contributed by atoms with Gasteiger partial charge in [0.15, 0.2) is 5.58 Å². The van der Waals surface area contributed by atoms with Crippen molar-refractivity contribution in [1.82, 2.24) is 4.98 Å². The number of carbonyl (C=O) groups excluding carboxylic acids is 2. The molecule has 132 valence electrons. The number of allylic oxidation sites excluding steroid dienone is 2. The fourth-order valence-electron chi connectivity index (χ4n) is 4.91. The van der Waals surface area contributed by atoms with Crippen LogP contribution in [0.25, 0.3) is 22.6 Å². The number of rotatable bonds is 2. The first-order valence-corrected chi connectivity index (χ1v) is 9.23. The first kappa shape index (κ1) is 14.9. The summed E-state index contributed by atoms with van der Waals surface area (Å²) < 4.78 is 5.79. The molecule has 1 saturated carbocycles. The Morgan fingerprint density at radius 1 is 0.889 bits per heavy atom. The molecule has 1 aliphatic heterocycles. The van der Waals surface area contributed by atoms with Gasteiger partial charge in [-0.15, -0.1) is 0 Å². The fraction of sp³-hybridized carbons (Fsp3) is 0.227. The first-order valence-electron chi connectivity index (χ1n) is 9.23.